The van der Waals surface area contributed by atoms with Crippen LogP contribution in [0.15, 0.2) is 42.0 Å². The van der Waals surface area contributed by atoms with E-state index in [1.54, 1.807) is 6.92 Å². The quantitative estimate of drug-likeness (QED) is 0.523. The number of benzene rings is 1. The highest BCUT2D eigenvalue weighted by Gasteiger charge is 2.41. The summed E-state index contributed by atoms with van der Waals surface area (Å²) in [6, 6.07) is 11.4. The molecule has 1 rings (SSSR count). The number of nitrogens with zero attached hydrogens (tertiary/aromatic N) is 1. The van der Waals surface area contributed by atoms with Crippen LogP contribution in [0.2, 0.25) is 0 Å². The summed E-state index contributed by atoms with van der Waals surface area (Å²) in [6.07, 6.45) is 5.60. The fourth-order valence-corrected chi connectivity index (χ4v) is 2.34. The molecule has 0 bridgehead atoms. The van der Waals surface area contributed by atoms with Gasteiger partial charge in [0.15, 0.2) is 5.41 Å². The Kier molecular flexibility index (Phi) is 7.39. The smallest absolute Gasteiger partial charge is 0.331 e. The number of carbonyl (C=O) groups is 1. The van der Waals surface area contributed by atoms with E-state index in [1.807, 2.05) is 43.3 Å². The molecule has 1 unspecified atom stereocenters. The molecule has 1 aromatic rings. The van der Waals surface area contributed by atoms with E-state index in [-0.39, 0.29) is 6.61 Å². The van der Waals surface area contributed by atoms with Gasteiger partial charge in [-0.2, -0.15) is 5.26 Å². The minimum atomic E-state index is -1.26. The summed E-state index contributed by atoms with van der Waals surface area (Å²) in [4.78, 5) is 12.4. The van der Waals surface area contributed by atoms with Crippen molar-refractivity contribution in [2.75, 3.05) is 6.61 Å². The van der Waals surface area contributed by atoms with Crippen LogP contribution in [-0.4, -0.2) is 12.6 Å². The summed E-state index contributed by atoms with van der Waals surface area (Å²) >= 11 is 0. The summed E-state index contributed by atoms with van der Waals surface area (Å²) in [5.74, 6) is -0.469. The third-order valence-corrected chi connectivity index (χ3v) is 3.76. The normalized spacial score (nSPS) is 14.0. The molecule has 0 aliphatic rings. The molecule has 0 aliphatic heterocycles. The van der Waals surface area contributed by atoms with Gasteiger partial charge in [-0.25, -0.2) is 4.79 Å². The van der Waals surface area contributed by atoms with Crippen molar-refractivity contribution in [2.45, 2.75) is 51.9 Å². The van der Waals surface area contributed by atoms with Crippen LogP contribution >= 0.6 is 0 Å². The van der Waals surface area contributed by atoms with Crippen LogP contribution in [-0.2, 0) is 14.9 Å². The van der Waals surface area contributed by atoms with Gasteiger partial charge in [0.05, 0.1) is 12.7 Å². The van der Waals surface area contributed by atoms with Gasteiger partial charge in [0.25, 0.3) is 0 Å². The van der Waals surface area contributed by atoms with Crippen molar-refractivity contribution in [3.05, 3.63) is 47.5 Å². The second kappa shape index (κ2) is 9.04. The van der Waals surface area contributed by atoms with Gasteiger partial charge in [-0.3, -0.25) is 0 Å². The minimum absolute atomic E-state index is 0.271. The number of allylic oxidation sites excluding steroid dienone is 2. The third kappa shape index (κ3) is 4.46. The van der Waals surface area contributed by atoms with E-state index in [0.29, 0.717) is 12.0 Å². The second-order valence-electron chi connectivity index (χ2n) is 5.46. The molecule has 1 aromatic carbocycles. The van der Waals surface area contributed by atoms with Gasteiger partial charge in [-0.1, -0.05) is 55.3 Å². The number of nitriles is 1. The first-order chi connectivity index (χ1) is 10.6. The van der Waals surface area contributed by atoms with Gasteiger partial charge in [0.1, 0.15) is 0 Å². The van der Waals surface area contributed by atoms with Crippen molar-refractivity contribution in [1.82, 2.24) is 0 Å². The van der Waals surface area contributed by atoms with Crippen LogP contribution in [0.1, 0.15) is 52.0 Å². The largest absolute Gasteiger partial charge is 0.465 e. The maximum atomic E-state index is 12.4. The number of ether oxygens (including phenoxy) is 1. The molecular formula is C19H25NO2. The average molecular weight is 299 g/mol. The fraction of sp³-hybridized carbons (Fsp3) is 0.474. The second-order valence-corrected chi connectivity index (χ2v) is 5.46. The van der Waals surface area contributed by atoms with Gasteiger partial charge < -0.3 is 4.74 Å². The van der Waals surface area contributed by atoms with E-state index in [0.717, 1.165) is 19.3 Å². The van der Waals surface area contributed by atoms with Crippen molar-refractivity contribution in [2.24, 2.45) is 0 Å². The summed E-state index contributed by atoms with van der Waals surface area (Å²) in [5, 5.41) is 9.74. The molecule has 0 fully saturated rings. The van der Waals surface area contributed by atoms with Crippen LogP contribution in [0.3, 0.4) is 0 Å². The van der Waals surface area contributed by atoms with Crippen LogP contribution in [0, 0.1) is 11.3 Å². The molecule has 0 N–H and O–H groups in total. The highest BCUT2D eigenvalue weighted by molar-refractivity contribution is 5.87. The number of rotatable bonds is 8. The molecule has 0 saturated carbocycles. The first-order valence-electron chi connectivity index (χ1n) is 7.90. The fourth-order valence-electron chi connectivity index (χ4n) is 2.34. The average Bonchev–Trinajstić information content (AvgIpc) is 2.55. The van der Waals surface area contributed by atoms with E-state index >= 15 is 0 Å². The Morgan fingerprint density at radius 2 is 2.00 bits per heavy atom. The molecule has 0 aliphatic carbocycles. The molecule has 3 heteroatoms. The minimum Gasteiger partial charge on any atom is -0.465 e. The Bertz CT molecular complexity index is 542. The Morgan fingerprint density at radius 3 is 2.55 bits per heavy atom. The summed E-state index contributed by atoms with van der Waals surface area (Å²) in [5.41, 5.74) is 0.641. The molecule has 0 saturated heterocycles. The van der Waals surface area contributed by atoms with E-state index in [1.165, 1.54) is 5.57 Å². The van der Waals surface area contributed by atoms with Crippen molar-refractivity contribution >= 4 is 5.97 Å². The predicted molar refractivity (Wildman–Crippen MR) is 88.3 cm³/mol. The molecule has 0 radical (unpaired) electrons. The number of hydrogen-bond donors (Lipinski definition) is 0. The van der Waals surface area contributed by atoms with Crippen LogP contribution < -0.4 is 0 Å². The molecule has 118 valence electrons. The zero-order valence-electron chi connectivity index (χ0n) is 13.8. The Hall–Kier alpha value is -2.08. The topological polar surface area (TPSA) is 50.1 Å². The third-order valence-electron chi connectivity index (χ3n) is 3.76. The zero-order valence-corrected chi connectivity index (χ0v) is 13.8. The predicted octanol–water partition coefficient (Wildman–Crippen LogP) is 4.54. The molecular weight excluding hydrogens is 274 g/mol. The van der Waals surface area contributed by atoms with E-state index in [4.69, 9.17) is 4.74 Å². The van der Waals surface area contributed by atoms with Crippen molar-refractivity contribution < 1.29 is 9.53 Å². The molecule has 3 nitrogen and oxygen atoms in total. The maximum absolute atomic E-state index is 12.4. The molecule has 0 amide bonds. The van der Waals surface area contributed by atoms with E-state index in [9.17, 15) is 10.1 Å². The first kappa shape index (κ1) is 18.0. The van der Waals surface area contributed by atoms with Crippen molar-refractivity contribution in [3.63, 3.8) is 0 Å². The zero-order chi connectivity index (χ0) is 16.4. The maximum Gasteiger partial charge on any atom is 0.331 e. The molecule has 0 aromatic heterocycles. The summed E-state index contributed by atoms with van der Waals surface area (Å²) in [6.45, 7) is 6.23. The lowest BCUT2D eigenvalue weighted by molar-refractivity contribution is -0.147. The van der Waals surface area contributed by atoms with Crippen LogP contribution in [0.4, 0.5) is 0 Å². The first-order valence-corrected chi connectivity index (χ1v) is 7.90. The Labute approximate surface area is 133 Å². The summed E-state index contributed by atoms with van der Waals surface area (Å²) < 4.78 is 5.18. The van der Waals surface area contributed by atoms with Gasteiger partial charge in [-0.15, -0.1) is 0 Å². The van der Waals surface area contributed by atoms with E-state index in [2.05, 4.69) is 13.0 Å². The Morgan fingerprint density at radius 1 is 1.32 bits per heavy atom. The van der Waals surface area contributed by atoms with Crippen LogP contribution in [0.25, 0.3) is 0 Å². The van der Waals surface area contributed by atoms with E-state index < -0.39 is 11.4 Å². The number of carbonyl (C=O) groups excluding carboxylic acids is 1. The van der Waals surface area contributed by atoms with Gasteiger partial charge in [0.2, 0.25) is 0 Å². The SMILES string of the molecule is CCCC/C(C)=C\CC(C#N)(C(=O)OCC)c1ccccc1. The standard InChI is InChI=1S/C19H25NO2/c1-4-6-10-16(3)13-14-19(15-20,18(21)22-5-2)17-11-8-7-9-12-17/h7-9,11-13H,4-6,10,14H2,1-3H3/b16-13-. The van der Waals surface area contributed by atoms with Gasteiger partial charge >= 0.3 is 5.97 Å². The molecule has 0 spiro atoms. The lowest BCUT2D eigenvalue weighted by Gasteiger charge is -2.24. The van der Waals surface area contributed by atoms with Gasteiger partial charge in [0, 0.05) is 0 Å². The van der Waals surface area contributed by atoms with Crippen molar-refractivity contribution in [3.8, 4) is 6.07 Å². The lowest BCUT2D eigenvalue weighted by Crippen LogP contribution is -2.35. The monoisotopic (exact) mass is 299 g/mol. The van der Waals surface area contributed by atoms with Crippen molar-refractivity contribution in [1.29, 1.82) is 5.26 Å². The summed E-state index contributed by atoms with van der Waals surface area (Å²) in [7, 11) is 0. The Balaban J connectivity index is 3.11. The highest BCUT2D eigenvalue weighted by Crippen LogP contribution is 2.30. The molecule has 22 heavy (non-hydrogen) atoms. The number of hydrogen-bond acceptors (Lipinski definition) is 3. The highest BCUT2D eigenvalue weighted by atomic mass is 16.5. The number of esters is 1. The lowest BCUT2D eigenvalue weighted by atomic mass is 9.78. The molecule has 0 heterocycles. The van der Waals surface area contributed by atoms with Crippen LogP contribution in [0.5, 0.6) is 0 Å². The van der Waals surface area contributed by atoms with Gasteiger partial charge in [-0.05, 0) is 38.7 Å². The molecule has 1 atom stereocenters. The number of unbranched alkanes of at least 4 members (excludes halogenated alkanes) is 1.